The molecule has 0 unspecified atom stereocenters. The van der Waals surface area contributed by atoms with Crippen molar-refractivity contribution in [3.63, 3.8) is 0 Å². The molecule has 0 bridgehead atoms. The molecule has 2 aromatic rings. The van der Waals surface area contributed by atoms with Gasteiger partial charge in [0.25, 0.3) is 0 Å². The summed E-state index contributed by atoms with van der Waals surface area (Å²) in [6, 6.07) is 3.84. The molecular weight excluding hydrogens is 366 g/mol. The molecule has 3 atom stereocenters. The smallest absolute Gasteiger partial charge is 0.326 e. The SMILES string of the molecule is C[C@H](N)C(=O)N[C@@H](CC(N)=O)C(=O)N[C@@H](Cc1c[nH]c2ccccc12)C(=O)O. The van der Waals surface area contributed by atoms with Crippen LogP contribution >= 0.6 is 0 Å². The monoisotopic (exact) mass is 389 g/mol. The van der Waals surface area contributed by atoms with Crippen LogP contribution in [-0.2, 0) is 25.6 Å². The second kappa shape index (κ2) is 9.00. The lowest BCUT2D eigenvalue weighted by Gasteiger charge is -2.21. The van der Waals surface area contributed by atoms with E-state index >= 15 is 0 Å². The van der Waals surface area contributed by atoms with Gasteiger partial charge >= 0.3 is 5.97 Å². The fraction of sp³-hybridized carbons (Fsp3) is 0.333. The summed E-state index contributed by atoms with van der Waals surface area (Å²) in [5, 5.41) is 15.0. The number of carboxylic acids is 1. The molecular formula is C18H23N5O5. The van der Waals surface area contributed by atoms with Gasteiger partial charge in [-0.15, -0.1) is 0 Å². The normalized spacial score (nSPS) is 14.1. The summed E-state index contributed by atoms with van der Waals surface area (Å²) in [5.74, 6) is -3.58. The molecule has 28 heavy (non-hydrogen) atoms. The van der Waals surface area contributed by atoms with Crippen molar-refractivity contribution in [2.45, 2.75) is 37.9 Å². The number of carboxylic acid groups (broad SMARTS) is 1. The number of aliphatic carboxylic acids is 1. The summed E-state index contributed by atoms with van der Waals surface area (Å²) in [4.78, 5) is 50.2. The summed E-state index contributed by atoms with van der Waals surface area (Å²) in [7, 11) is 0. The highest BCUT2D eigenvalue weighted by Crippen LogP contribution is 2.19. The number of nitrogens with two attached hydrogens (primary N) is 2. The zero-order chi connectivity index (χ0) is 20.8. The number of amides is 3. The van der Waals surface area contributed by atoms with Crippen molar-refractivity contribution in [1.82, 2.24) is 15.6 Å². The summed E-state index contributed by atoms with van der Waals surface area (Å²) in [6.07, 6.45) is 1.20. The van der Waals surface area contributed by atoms with Crippen molar-refractivity contribution >= 4 is 34.6 Å². The van der Waals surface area contributed by atoms with Crippen molar-refractivity contribution in [3.05, 3.63) is 36.0 Å². The summed E-state index contributed by atoms with van der Waals surface area (Å²) < 4.78 is 0. The number of nitrogens with one attached hydrogen (secondary N) is 3. The molecule has 0 fully saturated rings. The van der Waals surface area contributed by atoms with Crippen LogP contribution in [0.3, 0.4) is 0 Å². The number of primary amides is 1. The minimum absolute atomic E-state index is 0.00954. The Balaban J connectivity index is 2.16. The lowest BCUT2D eigenvalue weighted by Crippen LogP contribution is -2.55. The molecule has 1 aromatic carbocycles. The Hall–Kier alpha value is -3.40. The molecule has 1 aromatic heterocycles. The largest absolute Gasteiger partial charge is 0.480 e. The molecule has 0 saturated carbocycles. The van der Waals surface area contributed by atoms with E-state index in [1.165, 1.54) is 6.92 Å². The van der Waals surface area contributed by atoms with Crippen molar-refractivity contribution in [2.75, 3.05) is 0 Å². The third-order valence-electron chi connectivity index (χ3n) is 4.17. The number of hydrogen-bond donors (Lipinski definition) is 6. The van der Waals surface area contributed by atoms with E-state index in [1.807, 2.05) is 24.3 Å². The predicted octanol–water partition coefficient (Wildman–Crippen LogP) is -1.01. The van der Waals surface area contributed by atoms with E-state index in [4.69, 9.17) is 11.5 Å². The van der Waals surface area contributed by atoms with Crippen LogP contribution in [0.2, 0.25) is 0 Å². The first-order valence-electron chi connectivity index (χ1n) is 8.61. The maximum atomic E-state index is 12.5. The molecule has 0 aliphatic heterocycles. The Labute approximate surface area is 160 Å². The Kier molecular flexibility index (Phi) is 6.72. The van der Waals surface area contributed by atoms with Gasteiger partial charge in [0.05, 0.1) is 12.5 Å². The predicted molar refractivity (Wildman–Crippen MR) is 101 cm³/mol. The summed E-state index contributed by atoms with van der Waals surface area (Å²) in [6.45, 7) is 1.41. The van der Waals surface area contributed by atoms with E-state index in [0.29, 0.717) is 5.56 Å². The average molecular weight is 389 g/mol. The second-order valence-electron chi connectivity index (χ2n) is 6.48. The van der Waals surface area contributed by atoms with Crippen LogP contribution in [0.25, 0.3) is 10.9 Å². The van der Waals surface area contributed by atoms with Crippen molar-refractivity contribution < 1.29 is 24.3 Å². The Morgan fingerprint density at radius 1 is 1.11 bits per heavy atom. The van der Waals surface area contributed by atoms with Crippen molar-refractivity contribution in [2.24, 2.45) is 11.5 Å². The van der Waals surface area contributed by atoms with E-state index in [1.54, 1.807) is 6.20 Å². The zero-order valence-corrected chi connectivity index (χ0v) is 15.3. The van der Waals surface area contributed by atoms with Gasteiger partial charge in [-0.1, -0.05) is 18.2 Å². The Bertz CT molecular complexity index is 891. The summed E-state index contributed by atoms with van der Waals surface area (Å²) >= 11 is 0. The highest BCUT2D eigenvalue weighted by molar-refractivity contribution is 5.94. The lowest BCUT2D eigenvalue weighted by molar-refractivity contribution is -0.142. The third-order valence-corrected chi connectivity index (χ3v) is 4.17. The average Bonchev–Trinajstić information content (AvgIpc) is 3.03. The van der Waals surface area contributed by atoms with Gasteiger partial charge < -0.3 is 32.2 Å². The molecule has 0 saturated heterocycles. The van der Waals surface area contributed by atoms with Gasteiger partial charge in [0.1, 0.15) is 12.1 Å². The number of H-pyrrole nitrogens is 1. The molecule has 0 aliphatic carbocycles. The molecule has 0 spiro atoms. The van der Waals surface area contributed by atoms with Crippen molar-refractivity contribution in [1.29, 1.82) is 0 Å². The number of fused-ring (bicyclic) bond motifs is 1. The van der Waals surface area contributed by atoms with Gasteiger partial charge in [-0.2, -0.15) is 0 Å². The number of carbonyl (C=O) groups excluding carboxylic acids is 3. The maximum absolute atomic E-state index is 12.5. The highest BCUT2D eigenvalue weighted by atomic mass is 16.4. The molecule has 10 nitrogen and oxygen atoms in total. The number of aromatic nitrogens is 1. The highest BCUT2D eigenvalue weighted by Gasteiger charge is 2.29. The van der Waals surface area contributed by atoms with Crippen LogP contribution in [0.4, 0.5) is 0 Å². The van der Waals surface area contributed by atoms with E-state index in [2.05, 4.69) is 15.6 Å². The molecule has 0 aliphatic rings. The van der Waals surface area contributed by atoms with E-state index in [9.17, 15) is 24.3 Å². The van der Waals surface area contributed by atoms with E-state index in [-0.39, 0.29) is 6.42 Å². The zero-order valence-electron chi connectivity index (χ0n) is 15.3. The molecule has 2 rings (SSSR count). The van der Waals surface area contributed by atoms with E-state index in [0.717, 1.165) is 10.9 Å². The first-order valence-corrected chi connectivity index (χ1v) is 8.61. The first-order chi connectivity index (χ1) is 13.2. The van der Waals surface area contributed by atoms with Crippen molar-refractivity contribution in [3.8, 4) is 0 Å². The van der Waals surface area contributed by atoms with Gasteiger partial charge in [-0.3, -0.25) is 14.4 Å². The fourth-order valence-electron chi connectivity index (χ4n) is 2.71. The number of carbonyl (C=O) groups is 4. The molecule has 10 heteroatoms. The molecule has 150 valence electrons. The molecule has 8 N–H and O–H groups in total. The topological polar surface area (TPSA) is 180 Å². The second-order valence-corrected chi connectivity index (χ2v) is 6.48. The number of benzene rings is 1. The molecule has 3 amide bonds. The maximum Gasteiger partial charge on any atom is 0.326 e. The van der Waals surface area contributed by atoms with Crippen LogP contribution < -0.4 is 22.1 Å². The van der Waals surface area contributed by atoms with Crippen LogP contribution in [0.5, 0.6) is 0 Å². The molecule has 0 radical (unpaired) electrons. The quantitative estimate of drug-likeness (QED) is 0.319. The van der Waals surface area contributed by atoms with Crippen LogP contribution in [0, 0.1) is 0 Å². The number of hydrogen-bond acceptors (Lipinski definition) is 5. The number of para-hydroxylation sites is 1. The number of rotatable bonds is 9. The minimum Gasteiger partial charge on any atom is -0.480 e. The first kappa shape index (κ1) is 20.9. The Morgan fingerprint density at radius 3 is 2.36 bits per heavy atom. The minimum atomic E-state index is -1.32. The van der Waals surface area contributed by atoms with Crippen LogP contribution in [0.15, 0.2) is 30.5 Å². The van der Waals surface area contributed by atoms with Crippen LogP contribution in [0.1, 0.15) is 18.9 Å². The van der Waals surface area contributed by atoms with Gasteiger partial charge in [0, 0.05) is 23.5 Å². The lowest BCUT2D eigenvalue weighted by atomic mass is 10.0. The third kappa shape index (κ3) is 5.30. The fourth-order valence-corrected chi connectivity index (χ4v) is 2.71. The Morgan fingerprint density at radius 2 is 1.75 bits per heavy atom. The standard InChI is InChI=1S/C18H23N5O5/c1-9(19)16(25)22-13(7-15(20)24)17(26)23-14(18(27)28)6-10-8-21-12-5-3-2-4-11(10)12/h2-5,8-9,13-14,21H,6-7,19H2,1H3,(H2,20,24)(H,22,25)(H,23,26)(H,27,28)/t9-,13-,14-/m0/s1. The van der Waals surface area contributed by atoms with Gasteiger partial charge in [-0.05, 0) is 18.6 Å². The van der Waals surface area contributed by atoms with Gasteiger partial charge in [-0.25, -0.2) is 4.79 Å². The number of aromatic amines is 1. The van der Waals surface area contributed by atoms with Gasteiger partial charge in [0.2, 0.25) is 17.7 Å². The van der Waals surface area contributed by atoms with Gasteiger partial charge in [0.15, 0.2) is 0 Å². The van der Waals surface area contributed by atoms with Crippen LogP contribution in [-0.4, -0.2) is 51.9 Å². The summed E-state index contributed by atoms with van der Waals surface area (Å²) in [5.41, 5.74) is 12.1. The molecule has 1 heterocycles. The van der Waals surface area contributed by atoms with E-state index < -0.39 is 48.2 Å².